The Morgan fingerprint density at radius 1 is 0.842 bits per heavy atom. The van der Waals surface area contributed by atoms with Crippen LogP contribution in [0.4, 0.5) is 5.69 Å². The van der Waals surface area contributed by atoms with Crippen molar-refractivity contribution in [3.63, 3.8) is 0 Å². The first-order chi connectivity index (χ1) is 18.2. The zero-order valence-corrected chi connectivity index (χ0v) is 22.4. The molecule has 0 heterocycles. The van der Waals surface area contributed by atoms with Crippen molar-refractivity contribution in [1.29, 1.82) is 0 Å². The molecule has 10 nitrogen and oxygen atoms in total. The predicted molar refractivity (Wildman–Crippen MR) is 141 cm³/mol. The van der Waals surface area contributed by atoms with Crippen molar-refractivity contribution < 1.29 is 37.0 Å². The number of carbonyl (C=O) groups excluding carboxylic acids is 2. The van der Waals surface area contributed by atoms with Gasteiger partial charge in [0.25, 0.3) is 0 Å². The van der Waals surface area contributed by atoms with Crippen molar-refractivity contribution in [2.24, 2.45) is 0 Å². The van der Waals surface area contributed by atoms with E-state index >= 15 is 0 Å². The van der Waals surface area contributed by atoms with E-state index in [1.54, 1.807) is 0 Å². The summed E-state index contributed by atoms with van der Waals surface area (Å²) >= 11 is 0. The molecule has 202 valence electrons. The fourth-order valence-electron chi connectivity index (χ4n) is 3.69. The average molecular weight is 543 g/mol. The van der Waals surface area contributed by atoms with Crippen molar-refractivity contribution in [2.45, 2.75) is 11.3 Å². The van der Waals surface area contributed by atoms with Gasteiger partial charge in [0, 0.05) is 18.7 Å². The third kappa shape index (κ3) is 6.81. The van der Waals surface area contributed by atoms with E-state index in [9.17, 15) is 18.0 Å². The van der Waals surface area contributed by atoms with Gasteiger partial charge < -0.3 is 24.3 Å². The largest absolute Gasteiger partial charge is 0.497 e. The van der Waals surface area contributed by atoms with Gasteiger partial charge in [-0.1, -0.05) is 30.3 Å². The second-order valence-electron chi connectivity index (χ2n) is 8.04. The first-order valence-electron chi connectivity index (χ1n) is 11.6. The number of rotatable bonds is 12. The number of methoxy groups -OCH3 is 4. The molecule has 0 saturated carbocycles. The van der Waals surface area contributed by atoms with E-state index in [-0.39, 0.29) is 34.2 Å². The fourth-order valence-corrected chi connectivity index (χ4v) is 5.09. The van der Waals surface area contributed by atoms with Crippen LogP contribution in [-0.4, -0.2) is 66.1 Å². The molecule has 0 spiro atoms. The number of hydrogen-bond acceptors (Lipinski definition) is 8. The molecule has 38 heavy (non-hydrogen) atoms. The van der Waals surface area contributed by atoms with Gasteiger partial charge in [-0.25, -0.2) is 13.2 Å². The average Bonchev–Trinajstić information content (AvgIpc) is 2.94. The van der Waals surface area contributed by atoms with Crippen molar-refractivity contribution in [2.75, 3.05) is 46.8 Å². The molecule has 1 N–H and O–H groups in total. The summed E-state index contributed by atoms with van der Waals surface area (Å²) in [5.74, 6) is -0.346. The number of amides is 1. The van der Waals surface area contributed by atoms with Gasteiger partial charge in [-0.2, -0.15) is 4.31 Å². The van der Waals surface area contributed by atoms with Crippen LogP contribution >= 0.6 is 0 Å². The summed E-state index contributed by atoms with van der Waals surface area (Å²) in [7, 11) is 1.45. The van der Waals surface area contributed by atoms with Crippen molar-refractivity contribution in [1.82, 2.24) is 4.31 Å². The molecule has 0 aromatic heterocycles. The lowest BCUT2D eigenvalue weighted by Crippen LogP contribution is -2.39. The first-order valence-corrected chi connectivity index (χ1v) is 13.0. The van der Waals surface area contributed by atoms with Gasteiger partial charge >= 0.3 is 5.97 Å². The summed E-state index contributed by atoms with van der Waals surface area (Å²) in [6.07, 6.45) is 0.382. The van der Waals surface area contributed by atoms with E-state index in [0.29, 0.717) is 12.2 Å². The summed E-state index contributed by atoms with van der Waals surface area (Å²) in [6, 6.07) is 18.0. The number of carbonyl (C=O) groups is 2. The molecular weight excluding hydrogens is 512 g/mol. The minimum Gasteiger partial charge on any atom is -0.497 e. The number of sulfonamides is 1. The number of hydrogen-bond donors (Lipinski definition) is 1. The normalized spacial score (nSPS) is 11.1. The zero-order chi connectivity index (χ0) is 27.7. The Bertz CT molecular complexity index is 1360. The minimum atomic E-state index is -4.06. The molecule has 1 amide bonds. The Labute approximate surface area is 222 Å². The van der Waals surface area contributed by atoms with E-state index in [1.165, 1.54) is 64.8 Å². The molecule has 0 saturated heterocycles. The highest BCUT2D eigenvalue weighted by atomic mass is 32.2. The predicted octanol–water partition coefficient (Wildman–Crippen LogP) is 3.37. The van der Waals surface area contributed by atoms with E-state index < -0.39 is 28.4 Å². The molecule has 0 unspecified atom stereocenters. The van der Waals surface area contributed by atoms with Gasteiger partial charge in [0.05, 0.1) is 51.1 Å². The van der Waals surface area contributed by atoms with Crippen LogP contribution in [0.3, 0.4) is 0 Å². The van der Waals surface area contributed by atoms with Gasteiger partial charge in [-0.3, -0.25) is 4.79 Å². The number of esters is 1. The minimum absolute atomic E-state index is 0.0144. The lowest BCUT2D eigenvalue weighted by atomic mass is 10.1. The molecule has 0 atom stereocenters. The fraction of sp³-hybridized carbons (Fsp3) is 0.259. The SMILES string of the molecule is COC(=O)c1cc(OC)c(OC)cc1NC(=O)CN(CCc1ccccc1)S(=O)(=O)c1ccc(OC)cc1. The second-order valence-corrected chi connectivity index (χ2v) is 9.98. The lowest BCUT2D eigenvalue weighted by molar-refractivity contribution is -0.116. The molecule has 0 aliphatic heterocycles. The third-order valence-electron chi connectivity index (χ3n) is 5.71. The maximum Gasteiger partial charge on any atom is 0.340 e. The van der Waals surface area contributed by atoms with Crippen LogP contribution < -0.4 is 19.5 Å². The molecule has 0 aliphatic rings. The molecule has 0 fully saturated rings. The van der Waals surface area contributed by atoms with Crippen molar-refractivity contribution in [3.8, 4) is 17.2 Å². The topological polar surface area (TPSA) is 120 Å². The Morgan fingerprint density at radius 2 is 1.47 bits per heavy atom. The highest BCUT2D eigenvalue weighted by molar-refractivity contribution is 7.89. The highest BCUT2D eigenvalue weighted by Crippen LogP contribution is 2.34. The van der Waals surface area contributed by atoms with E-state index in [4.69, 9.17) is 18.9 Å². The molecular formula is C27H30N2O8S. The Kier molecular flexibility index (Phi) is 9.69. The molecule has 3 aromatic rings. The number of nitrogens with zero attached hydrogens (tertiary/aromatic N) is 1. The maximum atomic E-state index is 13.5. The van der Waals surface area contributed by atoms with Crippen LogP contribution in [0, 0.1) is 0 Å². The lowest BCUT2D eigenvalue weighted by Gasteiger charge is -2.22. The summed E-state index contributed by atoms with van der Waals surface area (Å²) in [5.41, 5.74) is 1.02. The Balaban J connectivity index is 1.91. The number of nitrogens with one attached hydrogen (secondary N) is 1. The van der Waals surface area contributed by atoms with E-state index in [0.717, 1.165) is 9.87 Å². The molecule has 3 aromatic carbocycles. The van der Waals surface area contributed by atoms with Crippen LogP contribution in [0.25, 0.3) is 0 Å². The Hall–Kier alpha value is -4.09. The van der Waals surface area contributed by atoms with Gasteiger partial charge in [0.1, 0.15) is 5.75 Å². The quantitative estimate of drug-likeness (QED) is 0.346. The number of anilines is 1. The maximum absolute atomic E-state index is 13.5. The van der Waals surface area contributed by atoms with Gasteiger partial charge in [-0.15, -0.1) is 0 Å². The molecule has 0 aliphatic carbocycles. The van der Waals surface area contributed by atoms with Crippen molar-refractivity contribution >= 4 is 27.6 Å². The van der Waals surface area contributed by atoms with Crippen LogP contribution in [0.5, 0.6) is 17.2 Å². The monoisotopic (exact) mass is 542 g/mol. The second kappa shape index (κ2) is 12.9. The number of benzene rings is 3. The van der Waals surface area contributed by atoms with Gasteiger partial charge in [0.15, 0.2) is 11.5 Å². The van der Waals surface area contributed by atoms with Gasteiger partial charge in [-0.05, 0) is 36.2 Å². The van der Waals surface area contributed by atoms with E-state index in [2.05, 4.69) is 5.32 Å². The summed E-state index contributed by atoms with van der Waals surface area (Å²) < 4.78 is 48.6. The van der Waals surface area contributed by atoms with Crippen LogP contribution in [0.1, 0.15) is 15.9 Å². The standard InChI is InChI=1S/C27H30N2O8S/c1-34-20-10-12-21(13-11-20)38(32,33)29(15-14-19-8-6-5-7-9-19)18-26(30)28-23-17-25(36-3)24(35-2)16-22(23)27(31)37-4/h5-13,16-17H,14-15,18H2,1-4H3,(H,28,30). The first kappa shape index (κ1) is 28.5. The van der Waals surface area contributed by atoms with E-state index in [1.807, 2.05) is 30.3 Å². The summed E-state index contributed by atoms with van der Waals surface area (Å²) in [4.78, 5) is 25.6. The van der Waals surface area contributed by atoms with Crippen LogP contribution in [0.2, 0.25) is 0 Å². The highest BCUT2D eigenvalue weighted by Gasteiger charge is 2.28. The third-order valence-corrected chi connectivity index (χ3v) is 7.57. The molecule has 3 rings (SSSR count). The van der Waals surface area contributed by atoms with Crippen LogP contribution in [0.15, 0.2) is 71.6 Å². The summed E-state index contributed by atoms with van der Waals surface area (Å²) in [6.45, 7) is -0.461. The van der Waals surface area contributed by atoms with Gasteiger partial charge in [0.2, 0.25) is 15.9 Å². The molecule has 0 radical (unpaired) electrons. The summed E-state index contributed by atoms with van der Waals surface area (Å²) in [5, 5.41) is 2.62. The zero-order valence-electron chi connectivity index (χ0n) is 21.6. The van der Waals surface area contributed by atoms with Crippen LogP contribution in [-0.2, 0) is 26.0 Å². The molecule has 0 bridgehead atoms. The Morgan fingerprint density at radius 3 is 2.05 bits per heavy atom. The smallest absolute Gasteiger partial charge is 0.340 e. The van der Waals surface area contributed by atoms with Crippen molar-refractivity contribution in [3.05, 3.63) is 77.9 Å². The number of ether oxygens (including phenoxy) is 4. The molecule has 11 heteroatoms.